The number of carbonyl (C=O) groups is 1. The van der Waals surface area contributed by atoms with Gasteiger partial charge in [-0.2, -0.15) is 0 Å². The summed E-state index contributed by atoms with van der Waals surface area (Å²) in [6.07, 6.45) is 4.96. The highest BCUT2D eigenvalue weighted by Crippen LogP contribution is 2.35. The fraction of sp³-hybridized carbons (Fsp3) is 0.500. The molecule has 1 aliphatic heterocycles. The minimum atomic E-state index is 0.00191. The Balaban J connectivity index is 1.34. The molecule has 1 amide bonds. The van der Waals surface area contributed by atoms with Crippen LogP contribution in [0.1, 0.15) is 48.0 Å². The molecule has 2 heterocycles. The molecule has 2 aliphatic rings. The van der Waals surface area contributed by atoms with Crippen molar-refractivity contribution in [2.24, 2.45) is 7.05 Å². The third-order valence-corrected chi connectivity index (χ3v) is 5.03. The van der Waals surface area contributed by atoms with Crippen LogP contribution in [0.4, 0.5) is 0 Å². The molecule has 1 aromatic heterocycles. The molecule has 1 N–H and O–H groups in total. The van der Waals surface area contributed by atoms with Crippen molar-refractivity contribution in [3.8, 4) is 5.75 Å². The summed E-state index contributed by atoms with van der Waals surface area (Å²) in [6.45, 7) is 1.16. The maximum Gasteiger partial charge on any atom is 0.224 e. The zero-order valence-electron chi connectivity index (χ0n) is 13.9. The molecule has 0 spiro atoms. The first-order chi connectivity index (χ1) is 11.7. The van der Waals surface area contributed by atoms with Gasteiger partial charge in [0.25, 0.3) is 0 Å². The lowest BCUT2D eigenvalue weighted by Gasteiger charge is -2.24. The number of fused-ring (bicyclic) bond motifs is 1. The number of hydrogen-bond acceptors (Lipinski definition) is 4. The van der Waals surface area contributed by atoms with Crippen molar-refractivity contribution in [3.05, 3.63) is 41.0 Å². The Morgan fingerprint density at radius 2 is 2.25 bits per heavy atom. The second-order valence-corrected chi connectivity index (χ2v) is 6.66. The van der Waals surface area contributed by atoms with Crippen LogP contribution in [-0.2, 0) is 31.2 Å². The lowest BCUT2D eigenvalue weighted by molar-refractivity contribution is -0.120. The number of ether oxygens (including phenoxy) is 1. The Bertz CT molecular complexity index is 764. The van der Waals surface area contributed by atoms with Gasteiger partial charge in [-0.1, -0.05) is 18.6 Å². The van der Waals surface area contributed by atoms with Gasteiger partial charge in [-0.15, -0.1) is 10.2 Å². The van der Waals surface area contributed by atoms with E-state index < -0.39 is 0 Å². The Kier molecular flexibility index (Phi) is 3.96. The number of carbonyl (C=O) groups excluding carboxylic acids is 1. The predicted molar refractivity (Wildman–Crippen MR) is 88.8 cm³/mol. The quantitative estimate of drug-likeness (QED) is 0.911. The number of benzene rings is 1. The first-order valence-corrected chi connectivity index (χ1v) is 8.60. The molecule has 126 valence electrons. The average molecular weight is 326 g/mol. The van der Waals surface area contributed by atoms with Crippen LogP contribution < -0.4 is 10.1 Å². The first kappa shape index (κ1) is 15.2. The number of nitrogens with zero attached hydrogens (tertiary/aromatic N) is 3. The molecule has 6 nitrogen and oxygen atoms in total. The summed E-state index contributed by atoms with van der Waals surface area (Å²) in [4.78, 5) is 12.2. The van der Waals surface area contributed by atoms with Crippen molar-refractivity contribution < 1.29 is 9.53 Å². The van der Waals surface area contributed by atoms with Crippen LogP contribution in [-0.4, -0.2) is 27.3 Å². The van der Waals surface area contributed by atoms with Crippen molar-refractivity contribution in [1.82, 2.24) is 20.1 Å². The van der Waals surface area contributed by atoms with E-state index >= 15 is 0 Å². The summed E-state index contributed by atoms with van der Waals surface area (Å²) in [5, 5.41) is 11.5. The lowest BCUT2D eigenvalue weighted by atomic mass is 9.85. The predicted octanol–water partition coefficient (Wildman–Crippen LogP) is 1.88. The van der Waals surface area contributed by atoms with Crippen LogP contribution in [0.3, 0.4) is 0 Å². The van der Waals surface area contributed by atoms with E-state index in [0.29, 0.717) is 18.9 Å². The van der Waals surface area contributed by atoms with Crippen LogP contribution in [0.2, 0.25) is 0 Å². The third-order valence-electron chi connectivity index (χ3n) is 5.03. The van der Waals surface area contributed by atoms with E-state index in [1.165, 1.54) is 24.8 Å². The number of nitrogens with one attached hydrogen (secondary N) is 1. The van der Waals surface area contributed by atoms with E-state index in [0.717, 1.165) is 36.0 Å². The van der Waals surface area contributed by atoms with Gasteiger partial charge in [0, 0.05) is 19.4 Å². The van der Waals surface area contributed by atoms with E-state index in [1.54, 1.807) is 0 Å². The summed E-state index contributed by atoms with van der Waals surface area (Å²) in [5.74, 6) is 3.35. The average Bonchev–Trinajstić information content (AvgIpc) is 3.11. The molecule has 0 unspecified atom stereocenters. The zero-order valence-corrected chi connectivity index (χ0v) is 13.9. The van der Waals surface area contributed by atoms with Gasteiger partial charge in [0.1, 0.15) is 11.6 Å². The molecule has 4 rings (SSSR count). The monoisotopic (exact) mass is 326 g/mol. The van der Waals surface area contributed by atoms with Crippen LogP contribution in [0.15, 0.2) is 18.2 Å². The molecule has 2 aromatic rings. The molecule has 0 saturated heterocycles. The fourth-order valence-corrected chi connectivity index (χ4v) is 3.33. The molecule has 0 atom stereocenters. The summed E-state index contributed by atoms with van der Waals surface area (Å²) < 4.78 is 7.52. The summed E-state index contributed by atoms with van der Waals surface area (Å²) in [7, 11) is 1.98. The molecule has 1 saturated carbocycles. The van der Waals surface area contributed by atoms with E-state index in [-0.39, 0.29) is 5.91 Å². The fourth-order valence-electron chi connectivity index (χ4n) is 3.33. The second-order valence-electron chi connectivity index (χ2n) is 6.66. The first-order valence-electron chi connectivity index (χ1n) is 8.60. The minimum Gasteiger partial charge on any atom is -0.493 e. The number of rotatable bonds is 5. The number of aromatic nitrogens is 3. The highest BCUT2D eigenvalue weighted by atomic mass is 16.5. The van der Waals surface area contributed by atoms with Crippen LogP contribution in [0, 0.1) is 0 Å². The Hall–Kier alpha value is -2.37. The molecule has 24 heavy (non-hydrogen) atoms. The van der Waals surface area contributed by atoms with E-state index in [4.69, 9.17) is 4.74 Å². The Labute approximate surface area is 141 Å². The summed E-state index contributed by atoms with van der Waals surface area (Å²) in [5.41, 5.74) is 2.21. The second kappa shape index (κ2) is 6.26. The van der Waals surface area contributed by atoms with Crippen molar-refractivity contribution in [2.45, 2.75) is 44.6 Å². The largest absolute Gasteiger partial charge is 0.493 e. The Morgan fingerprint density at radius 1 is 1.38 bits per heavy atom. The SMILES string of the molecule is Cn1c(CNC(=O)Cc2ccc3c(c2)CCO3)nnc1C1CCC1. The van der Waals surface area contributed by atoms with Crippen molar-refractivity contribution in [1.29, 1.82) is 0 Å². The van der Waals surface area contributed by atoms with E-state index in [1.807, 2.05) is 23.7 Å². The van der Waals surface area contributed by atoms with Crippen molar-refractivity contribution in [2.75, 3.05) is 6.61 Å². The van der Waals surface area contributed by atoms with Crippen LogP contribution >= 0.6 is 0 Å². The molecular weight excluding hydrogens is 304 g/mol. The molecule has 0 bridgehead atoms. The van der Waals surface area contributed by atoms with E-state index in [9.17, 15) is 4.79 Å². The van der Waals surface area contributed by atoms with Crippen LogP contribution in [0.5, 0.6) is 5.75 Å². The molecular formula is C18H22N4O2. The maximum atomic E-state index is 12.2. The van der Waals surface area contributed by atoms with Gasteiger partial charge in [0.2, 0.25) is 5.91 Å². The van der Waals surface area contributed by atoms with E-state index in [2.05, 4.69) is 21.6 Å². The molecule has 1 fully saturated rings. The number of hydrogen-bond donors (Lipinski definition) is 1. The third kappa shape index (κ3) is 2.88. The molecule has 1 aromatic carbocycles. The van der Waals surface area contributed by atoms with Gasteiger partial charge in [-0.3, -0.25) is 4.79 Å². The lowest BCUT2D eigenvalue weighted by Crippen LogP contribution is -2.26. The normalized spacial score (nSPS) is 16.4. The number of amides is 1. The standard InChI is InChI=1S/C18H22N4O2/c1-22-16(20-21-18(22)13-3-2-4-13)11-19-17(23)10-12-5-6-15-14(9-12)7-8-24-15/h5-6,9,13H,2-4,7-8,10-11H2,1H3,(H,19,23). The Morgan fingerprint density at radius 3 is 3.04 bits per heavy atom. The maximum absolute atomic E-state index is 12.2. The summed E-state index contributed by atoms with van der Waals surface area (Å²) >= 11 is 0. The molecule has 1 aliphatic carbocycles. The highest BCUT2D eigenvalue weighted by molar-refractivity contribution is 5.78. The highest BCUT2D eigenvalue weighted by Gasteiger charge is 2.25. The van der Waals surface area contributed by atoms with Gasteiger partial charge < -0.3 is 14.6 Å². The minimum absolute atomic E-state index is 0.00191. The van der Waals surface area contributed by atoms with Gasteiger partial charge in [0.15, 0.2) is 5.82 Å². The molecule has 0 radical (unpaired) electrons. The summed E-state index contributed by atoms with van der Waals surface area (Å²) in [6, 6.07) is 5.98. The van der Waals surface area contributed by atoms with Gasteiger partial charge in [-0.05, 0) is 30.0 Å². The zero-order chi connectivity index (χ0) is 16.5. The smallest absolute Gasteiger partial charge is 0.224 e. The van der Waals surface area contributed by atoms with Gasteiger partial charge >= 0.3 is 0 Å². The topological polar surface area (TPSA) is 69.0 Å². The van der Waals surface area contributed by atoms with Gasteiger partial charge in [0.05, 0.1) is 19.6 Å². The van der Waals surface area contributed by atoms with Crippen molar-refractivity contribution >= 4 is 5.91 Å². The molecule has 6 heteroatoms. The van der Waals surface area contributed by atoms with Crippen molar-refractivity contribution in [3.63, 3.8) is 0 Å². The van der Waals surface area contributed by atoms with Crippen LogP contribution in [0.25, 0.3) is 0 Å². The van der Waals surface area contributed by atoms with Gasteiger partial charge in [-0.25, -0.2) is 0 Å².